The molecular formula is C31H33F3N4O2. The summed E-state index contributed by atoms with van der Waals surface area (Å²) in [5.74, 6) is -3.43. The van der Waals surface area contributed by atoms with Gasteiger partial charge in [0.2, 0.25) is 0 Å². The Labute approximate surface area is 232 Å². The van der Waals surface area contributed by atoms with Crippen molar-refractivity contribution in [3.8, 4) is 11.4 Å². The maximum atomic E-state index is 14.5. The predicted octanol–water partition coefficient (Wildman–Crippen LogP) is 6.57. The highest BCUT2D eigenvalue weighted by Gasteiger charge is 2.46. The molecule has 6 nitrogen and oxygen atoms in total. The third kappa shape index (κ3) is 5.09. The number of halogens is 3. The summed E-state index contributed by atoms with van der Waals surface area (Å²) in [5, 5.41) is 0. The summed E-state index contributed by atoms with van der Waals surface area (Å²) in [6, 6.07) is 5.64. The van der Waals surface area contributed by atoms with E-state index in [0.717, 1.165) is 60.3 Å². The van der Waals surface area contributed by atoms with E-state index in [-0.39, 0.29) is 18.6 Å². The number of imidazole rings is 1. The molecule has 0 spiro atoms. The molecule has 1 N–H and O–H groups in total. The molecule has 3 heterocycles. The monoisotopic (exact) mass is 550 g/mol. The van der Waals surface area contributed by atoms with Gasteiger partial charge in [0.15, 0.2) is 11.7 Å². The molecule has 0 amide bonds. The fourth-order valence-corrected chi connectivity index (χ4v) is 6.25. The van der Waals surface area contributed by atoms with Gasteiger partial charge in [0.25, 0.3) is 0 Å². The lowest BCUT2D eigenvalue weighted by atomic mass is 9.81. The van der Waals surface area contributed by atoms with E-state index in [1.54, 1.807) is 13.4 Å². The molecule has 0 bridgehead atoms. The second-order valence-electron chi connectivity index (χ2n) is 10.7. The van der Waals surface area contributed by atoms with E-state index in [1.165, 1.54) is 6.08 Å². The molecule has 40 heavy (non-hydrogen) atoms. The lowest BCUT2D eigenvalue weighted by Crippen LogP contribution is -2.66. The molecule has 2 aliphatic carbocycles. The van der Waals surface area contributed by atoms with Crippen molar-refractivity contribution >= 4 is 6.08 Å². The molecule has 4 aliphatic rings. The van der Waals surface area contributed by atoms with Crippen LogP contribution < -0.4 is 10.2 Å². The molecular weight excluding hydrogens is 517 g/mol. The minimum Gasteiger partial charge on any atom is -0.495 e. The van der Waals surface area contributed by atoms with E-state index in [4.69, 9.17) is 9.57 Å². The molecule has 0 saturated carbocycles. The Morgan fingerprint density at radius 1 is 1.20 bits per heavy atom. The average molecular weight is 551 g/mol. The van der Waals surface area contributed by atoms with Crippen molar-refractivity contribution in [1.82, 2.24) is 19.9 Å². The van der Waals surface area contributed by atoms with Gasteiger partial charge in [-0.15, -0.1) is 0 Å². The molecule has 6 rings (SSSR count). The van der Waals surface area contributed by atoms with Crippen molar-refractivity contribution in [2.24, 2.45) is 5.92 Å². The lowest BCUT2D eigenvalue weighted by molar-refractivity contribution is -0.160. The summed E-state index contributed by atoms with van der Waals surface area (Å²) in [6.45, 7) is 2.66. The highest BCUT2D eigenvalue weighted by Crippen LogP contribution is 2.41. The van der Waals surface area contributed by atoms with Crippen molar-refractivity contribution in [1.29, 1.82) is 0 Å². The number of piperidine rings is 1. The number of benzene rings is 1. The van der Waals surface area contributed by atoms with Crippen LogP contribution in [0.3, 0.4) is 0 Å². The number of nitrogens with one attached hydrogen (secondary N) is 1. The molecule has 9 heteroatoms. The first-order valence-electron chi connectivity index (χ1n) is 13.8. The van der Waals surface area contributed by atoms with Gasteiger partial charge in [-0.3, -0.25) is 9.74 Å². The van der Waals surface area contributed by atoms with Crippen LogP contribution in [0.2, 0.25) is 0 Å². The van der Waals surface area contributed by atoms with Crippen molar-refractivity contribution < 1.29 is 22.7 Å². The Hall–Kier alpha value is -3.40. The van der Waals surface area contributed by atoms with Crippen LogP contribution in [-0.2, 0) is 4.84 Å². The summed E-state index contributed by atoms with van der Waals surface area (Å²) >= 11 is 0. The van der Waals surface area contributed by atoms with Gasteiger partial charge in [0.05, 0.1) is 30.9 Å². The molecule has 2 aliphatic heterocycles. The van der Waals surface area contributed by atoms with Crippen molar-refractivity contribution in [3.63, 3.8) is 0 Å². The van der Waals surface area contributed by atoms with Gasteiger partial charge >= 0.3 is 0 Å². The molecule has 2 fully saturated rings. The first-order valence-corrected chi connectivity index (χ1v) is 13.8. The molecule has 4 atom stereocenters. The Morgan fingerprint density at radius 3 is 2.80 bits per heavy atom. The first kappa shape index (κ1) is 26.8. The van der Waals surface area contributed by atoms with E-state index in [2.05, 4.69) is 33.6 Å². The number of fused-ring (bicyclic) bond motifs is 1. The number of hydroxylamine groups is 1. The number of hydrogen-bond acceptors (Lipinski definition) is 5. The van der Waals surface area contributed by atoms with Gasteiger partial charge in [-0.25, -0.2) is 18.2 Å². The molecule has 3 unspecified atom stereocenters. The highest BCUT2D eigenvalue weighted by atomic mass is 19.2. The number of hydrogen-bond donors (Lipinski definition) is 1. The number of rotatable bonds is 5. The van der Waals surface area contributed by atoms with Crippen LogP contribution in [0.25, 0.3) is 11.8 Å². The van der Waals surface area contributed by atoms with Gasteiger partial charge < -0.3 is 9.30 Å². The Kier molecular flexibility index (Phi) is 7.53. The van der Waals surface area contributed by atoms with Gasteiger partial charge in [-0.1, -0.05) is 30.4 Å². The van der Waals surface area contributed by atoms with E-state index >= 15 is 0 Å². The quantitative estimate of drug-likeness (QED) is 0.457. The zero-order chi connectivity index (χ0) is 27.8. The third-order valence-electron chi connectivity index (χ3n) is 8.12. The minimum absolute atomic E-state index is 0.199. The lowest BCUT2D eigenvalue weighted by Gasteiger charge is -2.52. The molecule has 210 valence electrons. The van der Waals surface area contributed by atoms with Gasteiger partial charge in [0, 0.05) is 25.1 Å². The maximum Gasteiger partial charge on any atom is 0.189 e. The van der Waals surface area contributed by atoms with Crippen molar-refractivity contribution in [3.05, 3.63) is 94.9 Å². The van der Waals surface area contributed by atoms with E-state index in [1.807, 2.05) is 42.0 Å². The Morgan fingerprint density at radius 2 is 2.08 bits per heavy atom. The van der Waals surface area contributed by atoms with Crippen LogP contribution in [0, 0.1) is 12.8 Å². The standard InChI is InChI=1S/C31H33F3N4O2/c1-19-17-37(18-35-19)26-11-10-20(14-27(26)39-2)13-22-9-6-12-38-29(23-15-24(32)28(34)25(33)16-23)30(40-36-31(22)38)21-7-4-3-5-8-21/h4,7-8,10-11,13-15,17-18,23,29-31,36H,3,5-6,9,12,16H2,1-2H3/b22-13+/t23?,29-,30?,31?/m0/s1. The van der Waals surface area contributed by atoms with Crippen LogP contribution in [0.4, 0.5) is 13.2 Å². The fourth-order valence-electron chi connectivity index (χ4n) is 6.25. The smallest absolute Gasteiger partial charge is 0.189 e. The van der Waals surface area contributed by atoms with Crippen molar-refractivity contribution in [2.75, 3.05) is 13.7 Å². The Balaban J connectivity index is 1.33. The van der Waals surface area contributed by atoms with E-state index < -0.39 is 29.5 Å². The minimum atomic E-state index is -1.39. The summed E-state index contributed by atoms with van der Waals surface area (Å²) in [6.07, 6.45) is 15.9. The zero-order valence-electron chi connectivity index (χ0n) is 22.6. The SMILES string of the molecule is COc1cc(/C=C2\CCCN3C2NOC(C2=CCCC=C2)[C@@H]3C2C=C(F)C(F)=C(F)C2)ccc1-n1cnc(C)c1. The van der Waals surface area contributed by atoms with Crippen LogP contribution >= 0.6 is 0 Å². The summed E-state index contributed by atoms with van der Waals surface area (Å²) in [4.78, 5) is 12.8. The molecule has 0 radical (unpaired) electrons. The second-order valence-corrected chi connectivity index (χ2v) is 10.7. The third-order valence-corrected chi connectivity index (χ3v) is 8.12. The van der Waals surface area contributed by atoms with Gasteiger partial charge in [-0.05, 0) is 67.5 Å². The number of ether oxygens (including phenoxy) is 1. The van der Waals surface area contributed by atoms with E-state index in [9.17, 15) is 13.2 Å². The topological polar surface area (TPSA) is 51.6 Å². The van der Waals surface area contributed by atoms with E-state index in [0.29, 0.717) is 5.75 Å². The number of allylic oxidation sites excluding steroid dienone is 5. The normalized spacial score (nSPS) is 28.4. The fraction of sp³-hybridized carbons (Fsp3) is 0.387. The largest absolute Gasteiger partial charge is 0.495 e. The van der Waals surface area contributed by atoms with Gasteiger partial charge in [-0.2, -0.15) is 5.48 Å². The molecule has 2 saturated heterocycles. The van der Waals surface area contributed by atoms with Crippen LogP contribution in [0.5, 0.6) is 5.75 Å². The van der Waals surface area contributed by atoms with Gasteiger partial charge in [0.1, 0.15) is 23.8 Å². The second kappa shape index (κ2) is 11.2. The van der Waals surface area contributed by atoms with Crippen LogP contribution in [-0.4, -0.2) is 46.4 Å². The Bertz CT molecular complexity index is 1440. The number of methoxy groups -OCH3 is 1. The first-order chi connectivity index (χ1) is 19.4. The molecule has 1 aromatic carbocycles. The summed E-state index contributed by atoms with van der Waals surface area (Å²) in [7, 11) is 1.64. The number of aromatic nitrogens is 2. The van der Waals surface area contributed by atoms with Crippen LogP contribution in [0.15, 0.2) is 83.7 Å². The maximum absolute atomic E-state index is 14.5. The molecule has 2 aromatic rings. The number of aryl methyl sites for hydroxylation is 1. The highest BCUT2D eigenvalue weighted by molar-refractivity contribution is 5.61. The average Bonchev–Trinajstić information content (AvgIpc) is 3.41. The predicted molar refractivity (Wildman–Crippen MR) is 147 cm³/mol. The summed E-state index contributed by atoms with van der Waals surface area (Å²) < 4.78 is 50.6. The summed E-state index contributed by atoms with van der Waals surface area (Å²) in [5.41, 5.74) is 8.09. The van der Waals surface area contributed by atoms with Crippen molar-refractivity contribution in [2.45, 2.75) is 57.3 Å². The zero-order valence-corrected chi connectivity index (χ0v) is 22.6. The number of nitrogens with zero attached hydrogens (tertiary/aromatic N) is 3. The van der Waals surface area contributed by atoms with Crippen LogP contribution in [0.1, 0.15) is 43.4 Å². The molecule has 1 aromatic heterocycles.